The van der Waals surface area contributed by atoms with Crippen molar-refractivity contribution in [3.63, 3.8) is 0 Å². The average Bonchev–Trinajstić information content (AvgIpc) is 2.51. The lowest BCUT2D eigenvalue weighted by Crippen LogP contribution is -2.22. The lowest BCUT2D eigenvalue weighted by Gasteiger charge is -2.13. The molecule has 2 amide bonds. The molecule has 0 radical (unpaired) electrons. The zero-order valence-electron chi connectivity index (χ0n) is 13.1. The minimum Gasteiger partial charge on any atom is -0.326 e. The Kier molecular flexibility index (Phi) is 5.46. The molecule has 0 aromatic heterocycles. The Morgan fingerprint density at radius 3 is 2.00 bits per heavy atom. The molecule has 2 rings (SSSR count). The van der Waals surface area contributed by atoms with Crippen LogP contribution in [0.2, 0.25) is 0 Å². The largest absolute Gasteiger partial charge is 0.326 e. The van der Waals surface area contributed by atoms with Crippen molar-refractivity contribution in [1.82, 2.24) is 0 Å². The number of anilines is 2. The van der Waals surface area contributed by atoms with Crippen molar-refractivity contribution in [3.8, 4) is 0 Å². The molecular weight excluding hydrogens is 295 g/mol. The molecule has 2 N–H and O–H groups in total. The van der Waals surface area contributed by atoms with E-state index in [4.69, 9.17) is 0 Å². The monoisotopic (exact) mass is 314 g/mol. The van der Waals surface area contributed by atoms with E-state index >= 15 is 0 Å². The normalized spacial score (nSPS) is 11.6. The molecule has 0 bridgehead atoms. The second-order valence-electron chi connectivity index (χ2n) is 5.48. The highest BCUT2D eigenvalue weighted by Crippen LogP contribution is 2.16. The Morgan fingerprint density at radius 2 is 1.48 bits per heavy atom. The zero-order valence-corrected chi connectivity index (χ0v) is 13.1. The number of rotatable bonds is 5. The molecule has 0 heterocycles. The van der Waals surface area contributed by atoms with Gasteiger partial charge in [0.15, 0.2) is 0 Å². The van der Waals surface area contributed by atoms with Gasteiger partial charge in [-0.25, -0.2) is 4.39 Å². The van der Waals surface area contributed by atoms with E-state index in [2.05, 4.69) is 10.6 Å². The number of hydrogen-bond donors (Lipinski definition) is 2. The molecule has 1 atom stereocenters. The Bertz CT molecular complexity index is 681. The first-order valence-corrected chi connectivity index (χ1v) is 7.37. The first kappa shape index (κ1) is 16.7. The van der Waals surface area contributed by atoms with Crippen LogP contribution in [0.4, 0.5) is 15.8 Å². The summed E-state index contributed by atoms with van der Waals surface area (Å²) in [5.74, 6) is -0.781. The van der Waals surface area contributed by atoms with E-state index in [1.807, 2.05) is 6.92 Å². The molecule has 0 spiro atoms. The minimum atomic E-state index is -0.287. The fraction of sp³-hybridized carbons (Fsp3) is 0.222. The summed E-state index contributed by atoms with van der Waals surface area (Å²) in [5, 5.41) is 5.49. The summed E-state index contributed by atoms with van der Waals surface area (Å²) in [6.45, 7) is 3.26. The van der Waals surface area contributed by atoms with Gasteiger partial charge in [0.1, 0.15) is 5.82 Å². The molecule has 120 valence electrons. The summed E-state index contributed by atoms with van der Waals surface area (Å²) >= 11 is 0. The van der Waals surface area contributed by atoms with E-state index in [1.165, 1.54) is 19.1 Å². The number of halogens is 1. The third-order valence-electron chi connectivity index (χ3n) is 3.38. The van der Waals surface area contributed by atoms with Crippen LogP contribution < -0.4 is 10.6 Å². The quantitative estimate of drug-likeness (QED) is 0.886. The van der Waals surface area contributed by atoms with Crippen LogP contribution in [0, 0.1) is 11.7 Å². The maximum absolute atomic E-state index is 12.9. The smallest absolute Gasteiger partial charge is 0.227 e. The Morgan fingerprint density at radius 1 is 0.957 bits per heavy atom. The molecule has 2 aromatic rings. The highest BCUT2D eigenvalue weighted by molar-refractivity contribution is 5.93. The van der Waals surface area contributed by atoms with Crippen LogP contribution >= 0.6 is 0 Å². The molecule has 23 heavy (non-hydrogen) atoms. The number of carbonyl (C=O) groups excluding carboxylic acids is 2. The number of nitrogens with one attached hydrogen (secondary N) is 2. The molecule has 0 aliphatic heterocycles. The third kappa shape index (κ3) is 5.21. The van der Waals surface area contributed by atoms with Crippen molar-refractivity contribution in [2.24, 2.45) is 5.92 Å². The van der Waals surface area contributed by atoms with Gasteiger partial charge in [0.25, 0.3) is 0 Å². The van der Waals surface area contributed by atoms with Crippen molar-refractivity contribution in [3.05, 3.63) is 59.9 Å². The van der Waals surface area contributed by atoms with Crippen LogP contribution in [-0.4, -0.2) is 11.8 Å². The average molecular weight is 314 g/mol. The van der Waals surface area contributed by atoms with Crippen molar-refractivity contribution in [2.75, 3.05) is 10.6 Å². The minimum absolute atomic E-state index is 0.110. The number of amides is 2. The highest BCUT2D eigenvalue weighted by Gasteiger charge is 2.14. The molecule has 0 fully saturated rings. The van der Waals surface area contributed by atoms with Crippen LogP contribution in [0.25, 0.3) is 0 Å². The Hall–Kier alpha value is -2.69. The van der Waals surface area contributed by atoms with Crippen molar-refractivity contribution in [2.45, 2.75) is 20.3 Å². The van der Waals surface area contributed by atoms with Crippen molar-refractivity contribution >= 4 is 23.2 Å². The van der Waals surface area contributed by atoms with E-state index < -0.39 is 0 Å². The van der Waals surface area contributed by atoms with Crippen LogP contribution in [0.15, 0.2) is 48.5 Å². The fourth-order valence-electron chi connectivity index (χ4n) is 2.17. The Labute approximate surface area is 134 Å². The van der Waals surface area contributed by atoms with Crippen LogP contribution in [-0.2, 0) is 16.0 Å². The van der Waals surface area contributed by atoms with E-state index in [0.717, 1.165) is 5.56 Å². The molecule has 1 unspecified atom stereocenters. The molecule has 2 aromatic carbocycles. The van der Waals surface area contributed by atoms with E-state index in [0.29, 0.717) is 17.8 Å². The molecule has 4 nitrogen and oxygen atoms in total. The second-order valence-corrected chi connectivity index (χ2v) is 5.48. The SMILES string of the molecule is CC(=O)Nc1ccc(NC(=O)C(C)Cc2ccc(F)cc2)cc1. The van der Waals surface area contributed by atoms with Gasteiger partial charge in [-0.15, -0.1) is 0 Å². The van der Waals surface area contributed by atoms with Crippen LogP contribution in [0.3, 0.4) is 0 Å². The Balaban J connectivity index is 1.92. The molecule has 0 aliphatic carbocycles. The van der Waals surface area contributed by atoms with Gasteiger partial charge >= 0.3 is 0 Å². The number of hydrogen-bond acceptors (Lipinski definition) is 2. The van der Waals surface area contributed by atoms with Crippen LogP contribution in [0.5, 0.6) is 0 Å². The lowest BCUT2D eigenvalue weighted by molar-refractivity contribution is -0.119. The van der Waals surface area contributed by atoms with Gasteiger partial charge < -0.3 is 10.6 Å². The third-order valence-corrected chi connectivity index (χ3v) is 3.38. The summed E-state index contributed by atoms with van der Waals surface area (Å²) < 4.78 is 12.9. The zero-order chi connectivity index (χ0) is 16.8. The number of carbonyl (C=O) groups is 2. The molecule has 5 heteroatoms. The molecule has 0 saturated carbocycles. The molecular formula is C18H19FN2O2. The van der Waals surface area contributed by atoms with Gasteiger partial charge in [0.05, 0.1) is 0 Å². The predicted molar refractivity (Wildman–Crippen MR) is 88.6 cm³/mol. The first-order valence-electron chi connectivity index (χ1n) is 7.37. The van der Waals surface area contributed by atoms with Crippen molar-refractivity contribution < 1.29 is 14.0 Å². The topological polar surface area (TPSA) is 58.2 Å². The standard InChI is InChI=1S/C18H19FN2O2/c1-12(11-14-3-5-15(19)6-4-14)18(23)21-17-9-7-16(8-10-17)20-13(2)22/h3-10,12H,11H2,1-2H3,(H,20,22)(H,21,23). The molecule has 0 aliphatic rings. The van der Waals surface area contributed by atoms with Gasteiger partial charge in [-0.05, 0) is 48.4 Å². The van der Waals surface area contributed by atoms with Gasteiger partial charge in [-0.1, -0.05) is 19.1 Å². The summed E-state index contributed by atoms with van der Waals surface area (Å²) in [7, 11) is 0. The first-order chi connectivity index (χ1) is 10.9. The molecule has 0 saturated heterocycles. The lowest BCUT2D eigenvalue weighted by atomic mass is 10.0. The van der Waals surface area contributed by atoms with E-state index in [-0.39, 0.29) is 23.5 Å². The summed E-state index contributed by atoms with van der Waals surface area (Å²) in [6, 6.07) is 13.1. The van der Waals surface area contributed by atoms with E-state index in [9.17, 15) is 14.0 Å². The summed E-state index contributed by atoms with van der Waals surface area (Å²) in [6.07, 6.45) is 0.538. The van der Waals surface area contributed by atoms with E-state index in [1.54, 1.807) is 36.4 Å². The van der Waals surface area contributed by atoms with Gasteiger partial charge in [-0.3, -0.25) is 9.59 Å². The second kappa shape index (κ2) is 7.54. The fourth-order valence-corrected chi connectivity index (χ4v) is 2.17. The summed E-state index contributed by atoms with van der Waals surface area (Å²) in [5.41, 5.74) is 2.25. The maximum Gasteiger partial charge on any atom is 0.227 e. The van der Waals surface area contributed by atoms with Crippen LogP contribution in [0.1, 0.15) is 19.4 Å². The maximum atomic E-state index is 12.9. The van der Waals surface area contributed by atoms with Gasteiger partial charge in [0, 0.05) is 24.2 Å². The summed E-state index contributed by atoms with van der Waals surface area (Å²) in [4.78, 5) is 23.1. The van der Waals surface area contributed by atoms with Gasteiger partial charge in [0.2, 0.25) is 11.8 Å². The van der Waals surface area contributed by atoms with Crippen molar-refractivity contribution in [1.29, 1.82) is 0 Å². The highest BCUT2D eigenvalue weighted by atomic mass is 19.1. The number of benzene rings is 2. The predicted octanol–water partition coefficient (Wildman–Crippen LogP) is 3.60. The van der Waals surface area contributed by atoms with Gasteiger partial charge in [-0.2, -0.15) is 0 Å².